The third-order valence-electron chi connectivity index (χ3n) is 6.77. The molecular weight excluding hydrogens is 594 g/mol. The van der Waals surface area contributed by atoms with Crippen molar-refractivity contribution in [3.63, 3.8) is 0 Å². The van der Waals surface area contributed by atoms with Crippen molar-refractivity contribution in [3.05, 3.63) is 49.9 Å². The van der Waals surface area contributed by atoms with E-state index in [4.69, 9.17) is 14.0 Å². The fraction of sp³-hybridized carbons (Fsp3) is 0.667. The first-order valence-corrected chi connectivity index (χ1v) is 16.0. The fourth-order valence-electron chi connectivity index (χ4n) is 5.33. The zero-order chi connectivity index (χ0) is 30.2. The second kappa shape index (κ2) is 16.8. The molecule has 1 aliphatic heterocycles. The smallest absolute Gasteiger partial charge is 0 e. The van der Waals surface area contributed by atoms with Gasteiger partial charge in [0.25, 0.3) is 0 Å². The van der Waals surface area contributed by atoms with Crippen molar-refractivity contribution in [2.75, 3.05) is 22.4 Å². The van der Waals surface area contributed by atoms with Crippen molar-refractivity contribution in [1.29, 1.82) is 0 Å². The number of nitrogens with zero attached hydrogens (tertiary/aromatic N) is 2. The fourth-order valence-corrected chi connectivity index (χ4v) is 12.9. The number of hydrogen-bond acceptors (Lipinski definition) is 2. The average Bonchev–Trinajstić information content (AvgIpc) is 3.08. The van der Waals surface area contributed by atoms with E-state index < -0.39 is 15.8 Å². The summed E-state index contributed by atoms with van der Waals surface area (Å²) < 4.78 is 22.5. The molecule has 1 aromatic carbocycles. The van der Waals surface area contributed by atoms with E-state index in [9.17, 15) is 0 Å². The van der Waals surface area contributed by atoms with Crippen LogP contribution in [0.2, 0.25) is 0 Å². The quantitative estimate of drug-likeness (QED) is 0.143. The van der Waals surface area contributed by atoms with Crippen LogP contribution >= 0.6 is 15.8 Å². The Morgan fingerprint density at radius 3 is 0.974 bits per heavy atom. The molecule has 0 atom stereocenters. The number of benzene rings is 1. The van der Waals surface area contributed by atoms with Gasteiger partial charge >= 0.3 is 33.9 Å². The van der Waals surface area contributed by atoms with E-state index in [0.29, 0.717) is 20.6 Å². The molecule has 0 amide bonds. The van der Waals surface area contributed by atoms with E-state index >= 15 is 0 Å². The minimum absolute atomic E-state index is 0. The summed E-state index contributed by atoms with van der Waals surface area (Å²) in [5, 5.41) is 1.43. The largest absolute Gasteiger partial charge is 0 e. The van der Waals surface area contributed by atoms with Gasteiger partial charge in [-0.05, 0) is 120 Å². The van der Waals surface area contributed by atoms with Gasteiger partial charge in [-0.25, -0.2) is 0 Å². The molecule has 0 radical (unpaired) electrons. The molecule has 0 aromatic heterocycles. The van der Waals surface area contributed by atoms with Crippen molar-refractivity contribution in [1.82, 2.24) is 0 Å². The maximum atomic E-state index is 7.50. The monoisotopic (exact) mass is 647 g/mol. The Bertz CT molecular complexity index is 810. The van der Waals surface area contributed by atoms with Crippen LogP contribution in [0.15, 0.2) is 12.1 Å². The van der Waals surface area contributed by atoms with Crippen molar-refractivity contribution in [2.45, 2.75) is 118 Å². The summed E-state index contributed by atoms with van der Waals surface area (Å²) in [7, 11) is -1.31. The summed E-state index contributed by atoms with van der Waals surface area (Å²) in [5.74, 6) is 0. The number of aryl methyl sites for hydroxylation is 2. The second-order valence-corrected chi connectivity index (χ2v) is 22.3. The number of rotatable bonds is 4. The zero-order valence-electron chi connectivity index (χ0n) is 26.2. The SMILES string of the molecule is Cc1cc2c(cc1C)N(C[PH+](C(C)(C)C)C(C)(C)C)[CH-]N2C[PH+](C(C)(C)C)C(C)(C)C.[C-]#[O+].[C-]#[O+].[C-]#[O+].[Mo]. The molecule has 214 valence electrons. The molecule has 0 N–H and O–H groups in total. The molecule has 8 heteroatoms. The van der Waals surface area contributed by atoms with Crippen LogP contribution in [0.3, 0.4) is 0 Å². The molecule has 0 aliphatic carbocycles. The molecule has 0 unspecified atom stereocenters. The minimum atomic E-state index is -0.654. The normalized spacial score (nSPS) is 13.2. The maximum Gasteiger partial charge on any atom is 0 e. The van der Waals surface area contributed by atoms with Gasteiger partial charge in [-0.3, -0.25) is 0 Å². The van der Waals surface area contributed by atoms with Gasteiger partial charge < -0.3 is 9.80 Å². The molecule has 0 fully saturated rings. The van der Waals surface area contributed by atoms with Gasteiger partial charge in [0.05, 0.1) is 20.6 Å². The van der Waals surface area contributed by atoms with Gasteiger partial charge in [-0.2, -0.15) is 0 Å². The first-order chi connectivity index (χ1) is 16.7. The maximum absolute atomic E-state index is 7.50. The molecule has 2 rings (SSSR count). The summed E-state index contributed by atoms with van der Waals surface area (Å²) in [6.07, 6.45) is 2.33. The van der Waals surface area contributed by atoms with Crippen LogP contribution in [0.4, 0.5) is 11.4 Å². The van der Waals surface area contributed by atoms with E-state index in [-0.39, 0.29) is 21.1 Å². The van der Waals surface area contributed by atoms with E-state index in [1.807, 2.05) is 0 Å². The van der Waals surface area contributed by atoms with Crippen LogP contribution in [-0.4, -0.2) is 33.2 Å². The molecule has 0 saturated heterocycles. The molecule has 38 heavy (non-hydrogen) atoms. The van der Waals surface area contributed by atoms with Gasteiger partial charge in [-0.15, -0.1) is 6.67 Å². The average molecular weight is 646 g/mol. The van der Waals surface area contributed by atoms with Crippen molar-refractivity contribution >= 4 is 27.2 Å². The van der Waals surface area contributed by atoms with Crippen molar-refractivity contribution in [2.24, 2.45) is 0 Å². The summed E-state index contributed by atoms with van der Waals surface area (Å²) in [6.45, 7) is 49.8. The van der Waals surface area contributed by atoms with Gasteiger partial charge in [0.15, 0.2) is 0 Å². The Kier molecular flexibility index (Phi) is 18.5. The molecule has 0 spiro atoms. The third kappa shape index (κ3) is 12.0. The van der Waals surface area contributed by atoms with Gasteiger partial charge in [0.1, 0.15) is 12.6 Å². The second-order valence-electron chi connectivity index (χ2n) is 13.8. The Labute approximate surface area is 251 Å². The van der Waals surface area contributed by atoms with E-state index in [1.165, 1.54) is 22.5 Å². The van der Waals surface area contributed by atoms with E-state index in [1.54, 1.807) is 0 Å². The number of fused-ring (bicyclic) bond motifs is 1. The van der Waals surface area contributed by atoms with Gasteiger partial charge in [0.2, 0.25) is 0 Å². The molecule has 5 nitrogen and oxygen atoms in total. The summed E-state index contributed by atoms with van der Waals surface area (Å²) in [6, 6.07) is 4.87. The molecule has 0 bridgehead atoms. The van der Waals surface area contributed by atoms with Crippen LogP contribution in [0.5, 0.6) is 0 Å². The predicted octanol–water partition coefficient (Wildman–Crippen LogP) is 8.47. The standard InChI is InChI=1S/C27H49N2P2.3CO.Mo/c1-20-15-22-23(16-21(20)2)29(19-31(26(9,10)11)27(12,13)14)17-28(22)18-30(24(3,4)5)25(6,7)8;3*1-2;/h15-17H,18-19H2,1-14H3;;;;/q-1;;;;/p+2. The molecule has 1 aromatic rings. The first kappa shape index (κ1) is 42.1. The first-order valence-electron chi connectivity index (χ1n) is 12.6. The number of anilines is 2. The van der Waals surface area contributed by atoms with Crippen molar-refractivity contribution in [3.8, 4) is 0 Å². The Balaban J connectivity index is -0.00000163. The third-order valence-corrected chi connectivity index (χ3v) is 15.3. The molecule has 0 saturated carbocycles. The molecular formula is C30H51MoN2O3P2+. The van der Waals surface area contributed by atoms with Crippen LogP contribution in [0.25, 0.3) is 0 Å². The van der Waals surface area contributed by atoms with Crippen LogP contribution < -0.4 is 9.80 Å². The summed E-state index contributed by atoms with van der Waals surface area (Å²) >= 11 is 0. The van der Waals surface area contributed by atoms with Crippen molar-refractivity contribution < 1.29 is 35.0 Å². The minimum Gasteiger partial charge on any atom is 0 e. The van der Waals surface area contributed by atoms with Gasteiger partial charge in [0, 0.05) is 48.3 Å². The van der Waals surface area contributed by atoms with E-state index in [0.717, 1.165) is 12.6 Å². The number of hydrogen-bond donors (Lipinski definition) is 0. The van der Waals surface area contributed by atoms with Crippen LogP contribution in [0, 0.1) is 40.5 Å². The Morgan fingerprint density at radius 2 is 0.789 bits per heavy atom. The van der Waals surface area contributed by atoms with Crippen LogP contribution in [0.1, 0.15) is 94.2 Å². The molecule has 1 aliphatic rings. The topological polar surface area (TPSA) is 66.2 Å². The Morgan fingerprint density at radius 1 is 0.579 bits per heavy atom. The summed E-state index contributed by atoms with van der Waals surface area (Å²) in [5.41, 5.74) is 5.64. The van der Waals surface area contributed by atoms with Gasteiger partial charge in [-0.1, -0.05) is 0 Å². The Hall–Kier alpha value is -0.412. The summed E-state index contributed by atoms with van der Waals surface area (Å²) in [4.78, 5) is 5.22. The van der Waals surface area contributed by atoms with E-state index in [2.05, 4.69) is 145 Å². The predicted molar refractivity (Wildman–Crippen MR) is 162 cm³/mol. The molecule has 1 heterocycles. The zero-order valence-corrected chi connectivity index (χ0v) is 30.2. The van der Waals surface area contributed by atoms with Crippen LogP contribution in [-0.2, 0) is 35.0 Å².